The van der Waals surface area contributed by atoms with E-state index in [1.54, 1.807) is 19.1 Å². The molecule has 0 aliphatic heterocycles. The highest BCUT2D eigenvalue weighted by molar-refractivity contribution is 5.64. The predicted octanol–water partition coefficient (Wildman–Crippen LogP) is 3.66. The molecule has 1 N–H and O–H groups in total. The Morgan fingerprint density at radius 1 is 1.33 bits per heavy atom. The molecule has 116 valence electrons. The van der Waals surface area contributed by atoms with Crippen LogP contribution in [-0.2, 0) is 0 Å². The summed E-state index contributed by atoms with van der Waals surface area (Å²) in [6.45, 7) is 3.88. The molecule has 0 bridgehead atoms. The summed E-state index contributed by atoms with van der Waals surface area (Å²) in [5, 5.41) is 20.9. The van der Waals surface area contributed by atoms with Crippen LogP contribution in [0.4, 0.5) is 11.4 Å². The van der Waals surface area contributed by atoms with Gasteiger partial charge in [-0.3, -0.25) is 10.1 Å². The topological polar surface area (TPSA) is 66.6 Å². The van der Waals surface area contributed by atoms with Crippen LogP contribution in [0.2, 0.25) is 0 Å². The minimum Gasteiger partial charge on any atom is -0.389 e. The number of nitro benzene ring substituents is 1. The van der Waals surface area contributed by atoms with Crippen LogP contribution in [0.15, 0.2) is 18.2 Å². The Kier molecular flexibility index (Phi) is 4.83. The number of nitrogens with zero attached hydrogens (tertiary/aromatic N) is 2. The molecule has 0 saturated heterocycles. The van der Waals surface area contributed by atoms with E-state index < -0.39 is 6.10 Å². The zero-order chi connectivity index (χ0) is 15.6. The predicted molar refractivity (Wildman–Crippen MR) is 83.6 cm³/mol. The van der Waals surface area contributed by atoms with E-state index in [0.717, 1.165) is 18.8 Å². The van der Waals surface area contributed by atoms with Crippen molar-refractivity contribution >= 4 is 11.4 Å². The fraction of sp³-hybridized carbons (Fsp3) is 0.625. The van der Waals surface area contributed by atoms with Crippen LogP contribution in [0.3, 0.4) is 0 Å². The number of nitro groups is 1. The number of aliphatic hydroxyl groups is 1. The fourth-order valence-corrected chi connectivity index (χ4v) is 3.07. The molecule has 1 saturated carbocycles. The van der Waals surface area contributed by atoms with Gasteiger partial charge < -0.3 is 10.0 Å². The summed E-state index contributed by atoms with van der Waals surface area (Å²) in [5.74, 6) is 0.752. The van der Waals surface area contributed by atoms with Crippen molar-refractivity contribution < 1.29 is 10.0 Å². The van der Waals surface area contributed by atoms with Gasteiger partial charge in [0.15, 0.2) is 0 Å². The van der Waals surface area contributed by atoms with E-state index in [0.29, 0.717) is 17.3 Å². The lowest BCUT2D eigenvalue weighted by atomic mass is 9.86. The third kappa shape index (κ3) is 3.53. The van der Waals surface area contributed by atoms with E-state index in [2.05, 4.69) is 6.92 Å². The molecule has 1 fully saturated rings. The summed E-state index contributed by atoms with van der Waals surface area (Å²) in [6, 6.07) is 5.38. The number of hydrogen-bond donors (Lipinski definition) is 1. The molecular weight excluding hydrogens is 268 g/mol. The third-order valence-electron chi connectivity index (χ3n) is 4.59. The first-order valence-electron chi connectivity index (χ1n) is 7.59. The zero-order valence-electron chi connectivity index (χ0n) is 13.0. The maximum atomic E-state index is 11.3. The maximum Gasteiger partial charge on any atom is 0.292 e. The smallest absolute Gasteiger partial charge is 0.292 e. The van der Waals surface area contributed by atoms with Gasteiger partial charge in [-0.1, -0.05) is 13.0 Å². The minimum absolute atomic E-state index is 0.0783. The maximum absolute atomic E-state index is 11.3. The van der Waals surface area contributed by atoms with Crippen LogP contribution in [0.5, 0.6) is 0 Å². The molecule has 0 unspecified atom stereocenters. The molecule has 2 rings (SSSR count). The molecule has 5 nitrogen and oxygen atoms in total. The Morgan fingerprint density at radius 3 is 2.48 bits per heavy atom. The van der Waals surface area contributed by atoms with Crippen molar-refractivity contribution in [3.8, 4) is 0 Å². The van der Waals surface area contributed by atoms with Gasteiger partial charge in [-0.05, 0) is 50.2 Å². The molecule has 0 aromatic heterocycles. The summed E-state index contributed by atoms with van der Waals surface area (Å²) >= 11 is 0. The van der Waals surface area contributed by atoms with Crippen LogP contribution >= 0.6 is 0 Å². The highest BCUT2D eigenvalue weighted by atomic mass is 16.6. The number of aliphatic hydroxyl groups excluding tert-OH is 1. The van der Waals surface area contributed by atoms with E-state index in [1.165, 1.54) is 18.9 Å². The van der Waals surface area contributed by atoms with Gasteiger partial charge in [-0.15, -0.1) is 0 Å². The second-order valence-corrected chi connectivity index (χ2v) is 6.21. The van der Waals surface area contributed by atoms with Gasteiger partial charge in [0.25, 0.3) is 5.69 Å². The summed E-state index contributed by atoms with van der Waals surface area (Å²) in [7, 11) is 1.94. The van der Waals surface area contributed by atoms with E-state index in [1.807, 2.05) is 11.9 Å². The van der Waals surface area contributed by atoms with Crippen LogP contribution in [0.1, 0.15) is 51.2 Å². The monoisotopic (exact) mass is 292 g/mol. The number of hydrogen-bond acceptors (Lipinski definition) is 4. The van der Waals surface area contributed by atoms with Crippen LogP contribution in [-0.4, -0.2) is 23.1 Å². The lowest BCUT2D eigenvalue weighted by molar-refractivity contribution is -0.384. The minimum atomic E-state index is -0.696. The summed E-state index contributed by atoms with van der Waals surface area (Å²) in [4.78, 5) is 13.0. The van der Waals surface area contributed by atoms with Crippen molar-refractivity contribution in [3.05, 3.63) is 33.9 Å². The van der Waals surface area contributed by atoms with Crippen molar-refractivity contribution in [2.75, 3.05) is 11.9 Å². The SMILES string of the molecule is CC1CCC(N(C)c2ccc([C@H](C)O)cc2[N+](=O)[O-])CC1. The molecular formula is C16H24N2O3. The lowest BCUT2D eigenvalue weighted by Gasteiger charge is -2.34. The average Bonchev–Trinajstić information content (AvgIpc) is 2.46. The fourth-order valence-electron chi connectivity index (χ4n) is 3.07. The average molecular weight is 292 g/mol. The Balaban J connectivity index is 2.27. The normalized spacial score (nSPS) is 23.6. The van der Waals surface area contributed by atoms with E-state index in [9.17, 15) is 15.2 Å². The van der Waals surface area contributed by atoms with Crippen molar-refractivity contribution in [2.45, 2.75) is 51.7 Å². The number of anilines is 1. The second-order valence-electron chi connectivity index (χ2n) is 6.21. The lowest BCUT2D eigenvalue weighted by Crippen LogP contribution is -2.35. The van der Waals surface area contributed by atoms with Gasteiger partial charge in [0.05, 0.1) is 11.0 Å². The Hall–Kier alpha value is -1.62. The molecule has 0 spiro atoms. The van der Waals surface area contributed by atoms with Crippen LogP contribution in [0, 0.1) is 16.0 Å². The molecule has 1 atom stereocenters. The van der Waals surface area contributed by atoms with Gasteiger partial charge in [0.2, 0.25) is 0 Å². The Morgan fingerprint density at radius 2 is 1.95 bits per heavy atom. The first-order chi connectivity index (χ1) is 9.90. The quantitative estimate of drug-likeness (QED) is 0.679. The second kappa shape index (κ2) is 6.43. The molecule has 0 radical (unpaired) electrons. The Labute approximate surface area is 125 Å². The van der Waals surface area contributed by atoms with Gasteiger partial charge in [0.1, 0.15) is 5.69 Å². The zero-order valence-corrected chi connectivity index (χ0v) is 13.0. The van der Waals surface area contributed by atoms with Gasteiger partial charge >= 0.3 is 0 Å². The summed E-state index contributed by atoms with van der Waals surface area (Å²) < 4.78 is 0. The molecule has 1 aliphatic rings. The first-order valence-corrected chi connectivity index (χ1v) is 7.59. The van der Waals surface area contributed by atoms with Crippen molar-refractivity contribution in [3.63, 3.8) is 0 Å². The first kappa shape index (κ1) is 15.8. The van der Waals surface area contributed by atoms with E-state index >= 15 is 0 Å². The van der Waals surface area contributed by atoms with Gasteiger partial charge in [0, 0.05) is 19.2 Å². The number of benzene rings is 1. The largest absolute Gasteiger partial charge is 0.389 e. The third-order valence-corrected chi connectivity index (χ3v) is 4.59. The van der Waals surface area contributed by atoms with E-state index in [-0.39, 0.29) is 10.6 Å². The molecule has 21 heavy (non-hydrogen) atoms. The molecule has 0 amide bonds. The molecule has 1 aromatic carbocycles. The molecule has 0 heterocycles. The van der Waals surface area contributed by atoms with Crippen molar-refractivity contribution in [1.29, 1.82) is 0 Å². The van der Waals surface area contributed by atoms with Crippen molar-refractivity contribution in [2.24, 2.45) is 5.92 Å². The van der Waals surface area contributed by atoms with Gasteiger partial charge in [-0.2, -0.15) is 0 Å². The summed E-state index contributed by atoms with van der Waals surface area (Å²) in [5.41, 5.74) is 1.30. The molecule has 1 aliphatic carbocycles. The standard InChI is InChI=1S/C16H24N2O3/c1-11-4-7-14(8-5-11)17(3)15-9-6-13(12(2)19)10-16(15)18(20)21/h6,9-12,14,19H,4-5,7-8H2,1-3H3/t11?,12-,14?/m0/s1. The Bertz CT molecular complexity index is 508. The van der Waals surface area contributed by atoms with Crippen LogP contribution < -0.4 is 4.90 Å². The molecule has 1 aromatic rings. The number of rotatable bonds is 4. The summed E-state index contributed by atoms with van der Waals surface area (Å²) in [6.07, 6.45) is 3.81. The van der Waals surface area contributed by atoms with Gasteiger partial charge in [-0.25, -0.2) is 0 Å². The molecule has 5 heteroatoms. The highest BCUT2D eigenvalue weighted by Crippen LogP contribution is 2.35. The van der Waals surface area contributed by atoms with Crippen molar-refractivity contribution in [1.82, 2.24) is 0 Å². The highest BCUT2D eigenvalue weighted by Gasteiger charge is 2.26. The van der Waals surface area contributed by atoms with Crippen LogP contribution in [0.25, 0.3) is 0 Å². The van der Waals surface area contributed by atoms with E-state index in [4.69, 9.17) is 0 Å².